The third-order valence-corrected chi connectivity index (χ3v) is 4.66. The topological polar surface area (TPSA) is 80.4 Å². The number of benzene rings is 1. The van der Waals surface area contributed by atoms with Gasteiger partial charge in [0, 0.05) is 29.7 Å². The molecule has 0 spiro atoms. The molecule has 0 unspecified atom stereocenters. The molecule has 0 aliphatic heterocycles. The Kier molecular flexibility index (Phi) is 6.14. The van der Waals surface area contributed by atoms with Crippen molar-refractivity contribution in [1.82, 2.24) is 4.98 Å². The van der Waals surface area contributed by atoms with Gasteiger partial charge in [0.1, 0.15) is 5.70 Å². The number of carbonyl (C=O) groups excluding carboxylic acids is 1. The Labute approximate surface area is 174 Å². The highest BCUT2D eigenvalue weighted by molar-refractivity contribution is 6.40. The summed E-state index contributed by atoms with van der Waals surface area (Å²) in [6.45, 7) is 0. The molecular weight excluding hydrogens is 428 g/mol. The maximum absolute atomic E-state index is 12.7. The van der Waals surface area contributed by atoms with Crippen LogP contribution in [0.4, 0.5) is 24.5 Å². The maximum atomic E-state index is 12.7. The molecule has 0 atom stereocenters. The van der Waals surface area contributed by atoms with E-state index in [0.717, 1.165) is 18.9 Å². The van der Waals surface area contributed by atoms with E-state index in [-0.39, 0.29) is 27.2 Å². The number of allylic oxidation sites excluding steroid dienone is 2. The van der Waals surface area contributed by atoms with Gasteiger partial charge >= 0.3 is 6.18 Å². The van der Waals surface area contributed by atoms with Crippen molar-refractivity contribution in [3.8, 4) is 0 Å². The molecule has 5 nitrogen and oxygen atoms in total. The largest absolute Gasteiger partial charge is 0.430 e. The van der Waals surface area contributed by atoms with Crippen LogP contribution in [0, 0.1) is 5.92 Å². The minimum Gasteiger partial charge on any atom is -0.395 e. The predicted octanol–water partition coefficient (Wildman–Crippen LogP) is 5.53. The smallest absolute Gasteiger partial charge is 0.395 e. The van der Waals surface area contributed by atoms with Gasteiger partial charge in [0.2, 0.25) is 0 Å². The van der Waals surface area contributed by atoms with Crippen LogP contribution in [0.2, 0.25) is 10.0 Å². The molecule has 10 heteroatoms. The van der Waals surface area contributed by atoms with Gasteiger partial charge in [-0.3, -0.25) is 14.8 Å². The van der Waals surface area contributed by atoms with Crippen LogP contribution < -0.4 is 11.1 Å². The van der Waals surface area contributed by atoms with Crippen LogP contribution in [0.5, 0.6) is 0 Å². The Balaban J connectivity index is 1.77. The Morgan fingerprint density at radius 1 is 1.17 bits per heavy atom. The fourth-order valence-electron chi connectivity index (χ4n) is 2.45. The molecule has 1 saturated carbocycles. The van der Waals surface area contributed by atoms with Crippen LogP contribution >= 0.6 is 23.2 Å². The summed E-state index contributed by atoms with van der Waals surface area (Å²) in [5, 5.41) is 2.86. The third kappa shape index (κ3) is 5.48. The fraction of sp³-hybridized carbons (Fsp3) is 0.211. The number of nitrogens with one attached hydrogen (secondary N) is 1. The van der Waals surface area contributed by atoms with Crippen LogP contribution in [0.1, 0.15) is 23.2 Å². The standard InChI is InChI=1S/C19H15Cl2F3N4O/c20-13-8-26-9-14(21)17(13)18(29)28-12-5-3-11(4-6-12)27-15(10-1-2-10)7-16(25)19(22,23)24/h3-10H,1-2,25H2,(H,28,29). The Bertz CT molecular complexity index is 964. The average Bonchev–Trinajstić information content (AvgIpc) is 3.47. The second-order valence-electron chi connectivity index (χ2n) is 6.39. The summed E-state index contributed by atoms with van der Waals surface area (Å²) in [6.07, 6.45) is 0.420. The summed E-state index contributed by atoms with van der Waals surface area (Å²) in [7, 11) is 0. The highest BCUT2D eigenvalue weighted by Crippen LogP contribution is 2.34. The number of amides is 1. The normalized spacial score (nSPS) is 15.3. The van der Waals surface area contributed by atoms with Crippen molar-refractivity contribution in [1.29, 1.82) is 0 Å². The van der Waals surface area contributed by atoms with E-state index >= 15 is 0 Å². The first kappa shape index (κ1) is 21.1. The number of alkyl halides is 3. The van der Waals surface area contributed by atoms with E-state index in [4.69, 9.17) is 28.9 Å². The number of nitrogens with two attached hydrogens (primary N) is 1. The van der Waals surface area contributed by atoms with Crippen molar-refractivity contribution in [3.63, 3.8) is 0 Å². The van der Waals surface area contributed by atoms with E-state index in [1.165, 1.54) is 12.4 Å². The number of halogens is 5. The van der Waals surface area contributed by atoms with Gasteiger partial charge in [0.05, 0.1) is 21.3 Å². The zero-order valence-electron chi connectivity index (χ0n) is 14.8. The molecule has 1 aliphatic carbocycles. The number of rotatable bonds is 5. The molecule has 3 rings (SSSR count). The number of pyridine rings is 1. The summed E-state index contributed by atoms with van der Waals surface area (Å²) < 4.78 is 38.1. The minimum absolute atomic E-state index is 0.0359. The predicted molar refractivity (Wildman–Crippen MR) is 107 cm³/mol. The van der Waals surface area contributed by atoms with Gasteiger partial charge in [-0.2, -0.15) is 13.2 Å². The lowest BCUT2D eigenvalue weighted by Crippen LogP contribution is -2.21. The summed E-state index contributed by atoms with van der Waals surface area (Å²) in [5.41, 5.74) is 5.19. The van der Waals surface area contributed by atoms with Crippen molar-refractivity contribution in [2.75, 3.05) is 5.32 Å². The van der Waals surface area contributed by atoms with Gasteiger partial charge in [-0.15, -0.1) is 0 Å². The fourth-order valence-corrected chi connectivity index (χ4v) is 2.99. The van der Waals surface area contributed by atoms with Crippen molar-refractivity contribution in [2.24, 2.45) is 16.6 Å². The third-order valence-electron chi connectivity index (χ3n) is 4.09. The molecule has 3 N–H and O–H groups in total. The number of hydrogen-bond acceptors (Lipinski definition) is 4. The SMILES string of the molecule is NC(=CC(=Nc1ccc(NC(=O)c2c(Cl)cncc2Cl)cc1)C1CC1)C(F)(F)F. The van der Waals surface area contributed by atoms with Crippen LogP contribution in [0.25, 0.3) is 0 Å². The quantitative estimate of drug-likeness (QED) is 0.597. The van der Waals surface area contributed by atoms with E-state index in [0.29, 0.717) is 11.4 Å². The number of aliphatic imine (C=N–C) groups is 1. The van der Waals surface area contributed by atoms with Crippen LogP contribution in [0.15, 0.2) is 53.4 Å². The highest BCUT2D eigenvalue weighted by Gasteiger charge is 2.34. The summed E-state index contributed by atoms with van der Waals surface area (Å²) in [5.74, 6) is -0.551. The van der Waals surface area contributed by atoms with Crippen molar-refractivity contribution < 1.29 is 18.0 Å². The first-order chi connectivity index (χ1) is 13.6. The number of nitrogens with zero attached hydrogens (tertiary/aromatic N) is 2. The Morgan fingerprint density at radius 2 is 1.76 bits per heavy atom. The second-order valence-corrected chi connectivity index (χ2v) is 7.20. The lowest BCUT2D eigenvalue weighted by molar-refractivity contribution is -0.0925. The van der Waals surface area contributed by atoms with Gasteiger partial charge in [-0.05, 0) is 43.2 Å². The summed E-state index contributed by atoms with van der Waals surface area (Å²) in [4.78, 5) is 20.4. The minimum atomic E-state index is -4.60. The molecule has 0 radical (unpaired) electrons. The van der Waals surface area contributed by atoms with Gasteiger partial charge in [-0.25, -0.2) is 0 Å². The average molecular weight is 443 g/mol. The molecule has 1 aromatic heterocycles. The lowest BCUT2D eigenvalue weighted by atomic mass is 10.2. The van der Waals surface area contributed by atoms with Crippen LogP contribution in [-0.4, -0.2) is 22.8 Å². The zero-order chi connectivity index (χ0) is 21.2. The Hall–Kier alpha value is -2.58. The molecule has 1 heterocycles. The second kappa shape index (κ2) is 8.42. The number of anilines is 1. The summed E-state index contributed by atoms with van der Waals surface area (Å²) >= 11 is 11.9. The molecule has 0 saturated heterocycles. The summed E-state index contributed by atoms with van der Waals surface area (Å²) in [6, 6.07) is 6.29. The van der Waals surface area contributed by atoms with E-state index in [1.54, 1.807) is 24.3 Å². The lowest BCUT2D eigenvalue weighted by Gasteiger charge is -2.09. The van der Waals surface area contributed by atoms with Crippen molar-refractivity contribution >= 4 is 46.2 Å². The monoisotopic (exact) mass is 442 g/mol. The van der Waals surface area contributed by atoms with Crippen molar-refractivity contribution in [3.05, 3.63) is 64.0 Å². The number of carbonyl (C=O) groups is 1. The molecule has 1 amide bonds. The zero-order valence-corrected chi connectivity index (χ0v) is 16.3. The van der Waals surface area contributed by atoms with E-state index in [9.17, 15) is 18.0 Å². The van der Waals surface area contributed by atoms with Crippen LogP contribution in [0.3, 0.4) is 0 Å². The highest BCUT2D eigenvalue weighted by atomic mass is 35.5. The molecule has 0 bridgehead atoms. The molecule has 152 valence electrons. The molecule has 29 heavy (non-hydrogen) atoms. The molecule has 2 aromatic rings. The van der Waals surface area contributed by atoms with Gasteiger partial charge in [0.25, 0.3) is 5.91 Å². The van der Waals surface area contributed by atoms with E-state index in [1.807, 2.05) is 0 Å². The molecule has 1 fully saturated rings. The number of aromatic nitrogens is 1. The van der Waals surface area contributed by atoms with Crippen molar-refractivity contribution in [2.45, 2.75) is 19.0 Å². The van der Waals surface area contributed by atoms with E-state index < -0.39 is 17.8 Å². The molecular formula is C19H15Cl2F3N4O. The van der Waals surface area contributed by atoms with Crippen LogP contribution in [-0.2, 0) is 0 Å². The molecule has 1 aliphatic rings. The maximum Gasteiger partial charge on any atom is 0.430 e. The molecule has 1 aromatic carbocycles. The van der Waals surface area contributed by atoms with E-state index in [2.05, 4.69) is 15.3 Å². The van der Waals surface area contributed by atoms with Gasteiger partial charge < -0.3 is 11.1 Å². The first-order valence-corrected chi connectivity index (χ1v) is 9.24. The first-order valence-electron chi connectivity index (χ1n) is 8.48. The van der Waals surface area contributed by atoms with Gasteiger partial charge in [-0.1, -0.05) is 23.2 Å². The number of hydrogen-bond donors (Lipinski definition) is 2. The Morgan fingerprint density at radius 3 is 2.28 bits per heavy atom. The van der Waals surface area contributed by atoms with Gasteiger partial charge in [0.15, 0.2) is 0 Å².